The molecule has 30 heavy (non-hydrogen) atoms. The van der Waals surface area contributed by atoms with E-state index in [4.69, 9.17) is 4.74 Å². The summed E-state index contributed by atoms with van der Waals surface area (Å²) in [7, 11) is 0. The van der Waals surface area contributed by atoms with Crippen molar-refractivity contribution in [3.63, 3.8) is 0 Å². The van der Waals surface area contributed by atoms with Crippen molar-refractivity contribution in [1.82, 2.24) is 14.9 Å². The molecule has 0 fully saturated rings. The number of aryl methyl sites for hydroxylation is 1. The highest BCUT2D eigenvalue weighted by atomic mass is 16.5. The van der Waals surface area contributed by atoms with Gasteiger partial charge >= 0.3 is 0 Å². The number of benzene rings is 2. The van der Waals surface area contributed by atoms with Crippen LogP contribution in [0.25, 0.3) is 0 Å². The van der Waals surface area contributed by atoms with E-state index in [1.54, 1.807) is 6.20 Å². The minimum Gasteiger partial charge on any atom is -0.489 e. The molecule has 3 N–H and O–H groups in total. The van der Waals surface area contributed by atoms with Gasteiger partial charge in [-0.05, 0) is 42.1 Å². The van der Waals surface area contributed by atoms with Gasteiger partial charge in [0.25, 0.3) is 0 Å². The molecule has 0 saturated heterocycles. The molecule has 0 amide bonds. The Kier molecular flexibility index (Phi) is 8.44. The third kappa shape index (κ3) is 6.69. The fourth-order valence-electron chi connectivity index (χ4n) is 3.28. The van der Waals surface area contributed by atoms with Gasteiger partial charge in [-0.15, -0.1) is 0 Å². The highest BCUT2D eigenvalue weighted by Gasteiger charge is 2.12. The van der Waals surface area contributed by atoms with Crippen molar-refractivity contribution in [2.75, 3.05) is 13.1 Å². The Hall–Kier alpha value is -2.67. The van der Waals surface area contributed by atoms with Gasteiger partial charge in [-0.3, -0.25) is 0 Å². The van der Waals surface area contributed by atoms with E-state index >= 15 is 0 Å². The second-order valence-corrected chi connectivity index (χ2v) is 7.67. The van der Waals surface area contributed by atoms with Crippen LogP contribution >= 0.6 is 0 Å². The van der Waals surface area contributed by atoms with Crippen LogP contribution < -0.4 is 10.1 Å². The van der Waals surface area contributed by atoms with Gasteiger partial charge in [0.05, 0.1) is 19.0 Å². The molecule has 0 saturated carbocycles. The Balaban J connectivity index is 1.46. The summed E-state index contributed by atoms with van der Waals surface area (Å²) < 4.78 is 7.93. The number of aromatic nitrogens is 2. The van der Waals surface area contributed by atoms with Crippen LogP contribution in [0.4, 0.5) is 0 Å². The Bertz CT molecular complexity index is 869. The number of aliphatic hydroxyl groups excluding tert-OH is 2. The van der Waals surface area contributed by atoms with E-state index in [1.807, 2.05) is 61.1 Å². The normalized spacial score (nSPS) is 13.2. The number of hydrogen-bond donors (Lipinski definition) is 3. The van der Waals surface area contributed by atoms with Crippen LogP contribution in [0, 0.1) is 5.92 Å². The summed E-state index contributed by atoms with van der Waals surface area (Å²) in [6, 6.07) is 15.4. The van der Waals surface area contributed by atoms with Crippen LogP contribution in [0.1, 0.15) is 36.1 Å². The van der Waals surface area contributed by atoms with Gasteiger partial charge in [0.1, 0.15) is 12.4 Å². The van der Waals surface area contributed by atoms with E-state index in [1.165, 1.54) is 0 Å². The van der Waals surface area contributed by atoms with E-state index in [9.17, 15) is 10.2 Å². The molecule has 0 spiro atoms. The number of imidazole rings is 1. The average Bonchev–Trinajstić information content (AvgIpc) is 3.30. The molecule has 1 aromatic heterocycles. The number of hydrogen-bond acceptors (Lipinski definition) is 5. The zero-order valence-corrected chi connectivity index (χ0v) is 17.4. The van der Waals surface area contributed by atoms with Crippen LogP contribution in [0.15, 0.2) is 67.3 Å². The Morgan fingerprint density at radius 1 is 1.13 bits per heavy atom. The first kappa shape index (κ1) is 22.0. The van der Waals surface area contributed by atoms with Gasteiger partial charge in [-0.25, -0.2) is 4.98 Å². The summed E-state index contributed by atoms with van der Waals surface area (Å²) in [5.74, 6) is 1.12. The molecule has 2 atom stereocenters. The first-order chi connectivity index (χ1) is 14.7. The second-order valence-electron chi connectivity index (χ2n) is 7.67. The lowest BCUT2D eigenvalue weighted by atomic mass is 10.0. The smallest absolute Gasteiger partial charge is 0.125 e. The molecule has 0 aliphatic carbocycles. The molecule has 3 aromatic rings. The zero-order chi connectivity index (χ0) is 21.2. The number of nitrogens with one attached hydrogen (secondary N) is 1. The van der Waals surface area contributed by atoms with E-state index in [0.29, 0.717) is 30.4 Å². The quantitative estimate of drug-likeness (QED) is 0.428. The van der Waals surface area contributed by atoms with Crippen molar-refractivity contribution in [1.29, 1.82) is 0 Å². The molecule has 0 aliphatic heterocycles. The molecule has 1 heterocycles. The molecule has 0 aliphatic rings. The molecule has 160 valence electrons. The lowest BCUT2D eigenvalue weighted by Gasteiger charge is -2.18. The zero-order valence-electron chi connectivity index (χ0n) is 17.4. The molecule has 2 aromatic carbocycles. The van der Waals surface area contributed by atoms with E-state index in [0.717, 1.165) is 30.6 Å². The fourth-order valence-corrected chi connectivity index (χ4v) is 3.28. The predicted molar refractivity (Wildman–Crippen MR) is 117 cm³/mol. The Morgan fingerprint density at radius 2 is 1.97 bits per heavy atom. The van der Waals surface area contributed by atoms with Crippen molar-refractivity contribution < 1.29 is 14.9 Å². The van der Waals surface area contributed by atoms with Gasteiger partial charge in [-0.2, -0.15) is 0 Å². The standard InChI is InChI=1S/C24H31N3O3/c1-19(9-11-27-12-10-25-18-27)14-26-15-23(29)21-7-8-24(22(13-21)16-28)30-17-20-5-3-2-4-6-20/h2-8,10,12-13,18-19,23,26,28-29H,9,11,14-17H2,1H3. The first-order valence-corrected chi connectivity index (χ1v) is 10.4. The molecule has 3 rings (SSSR count). The van der Waals surface area contributed by atoms with E-state index in [2.05, 4.69) is 21.8 Å². The van der Waals surface area contributed by atoms with Crippen molar-refractivity contribution >= 4 is 0 Å². The van der Waals surface area contributed by atoms with Gasteiger partial charge in [0.15, 0.2) is 0 Å². The third-order valence-corrected chi connectivity index (χ3v) is 5.15. The van der Waals surface area contributed by atoms with Crippen LogP contribution in [0.3, 0.4) is 0 Å². The molecule has 6 heteroatoms. The highest BCUT2D eigenvalue weighted by molar-refractivity contribution is 5.38. The topological polar surface area (TPSA) is 79.5 Å². The van der Waals surface area contributed by atoms with E-state index < -0.39 is 6.10 Å². The SMILES string of the molecule is CC(CCn1ccnc1)CNCC(O)c1ccc(OCc2ccccc2)c(CO)c1. The minimum absolute atomic E-state index is 0.136. The van der Waals surface area contributed by atoms with Gasteiger partial charge in [-0.1, -0.05) is 43.3 Å². The number of aliphatic hydroxyl groups is 2. The van der Waals surface area contributed by atoms with Crippen molar-refractivity contribution in [2.45, 2.75) is 39.2 Å². The molecular formula is C24H31N3O3. The molecule has 0 radical (unpaired) electrons. The lowest BCUT2D eigenvalue weighted by Crippen LogP contribution is -2.27. The first-order valence-electron chi connectivity index (χ1n) is 10.4. The van der Waals surface area contributed by atoms with Crippen LogP contribution in [0.2, 0.25) is 0 Å². The summed E-state index contributed by atoms with van der Waals surface area (Å²) in [5.41, 5.74) is 2.51. The van der Waals surface area contributed by atoms with Gasteiger partial charge in [0.2, 0.25) is 0 Å². The number of ether oxygens (including phenoxy) is 1. The van der Waals surface area contributed by atoms with Crippen molar-refractivity contribution in [3.8, 4) is 5.75 Å². The summed E-state index contributed by atoms with van der Waals surface area (Å²) >= 11 is 0. The number of nitrogens with zero attached hydrogens (tertiary/aromatic N) is 2. The van der Waals surface area contributed by atoms with Gasteiger partial charge in [0, 0.05) is 31.0 Å². The Labute approximate surface area is 178 Å². The van der Waals surface area contributed by atoms with Crippen molar-refractivity contribution in [2.24, 2.45) is 5.92 Å². The third-order valence-electron chi connectivity index (χ3n) is 5.15. The van der Waals surface area contributed by atoms with E-state index in [-0.39, 0.29) is 6.61 Å². The summed E-state index contributed by atoms with van der Waals surface area (Å²) in [4.78, 5) is 4.05. The van der Waals surface area contributed by atoms with Gasteiger partial charge < -0.3 is 24.8 Å². The summed E-state index contributed by atoms with van der Waals surface area (Å²) in [5, 5.41) is 23.6. The average molecular weight is 410 g/mol. The molecule has 6 nitrogen and oxygen atoms in total. The fraction of sp³-hybridized carbons (Fsp3) is 0.375. The van der Waals surface area contributed by atoms with Crippen LogP contribution in [-0.2, 0) is 19.8 Å². The highest BCUT2D eigenvalue weighted by Crippen LogP contribution is 2.24. The second kappa shape index (κ2) is 11.5. The monoisotopic (exact) mass is 409 g/mol. The summed E-state index contributed by atoms with van der Waals surface area (Å²) in [6.45, 7) is 4.73. The maximum absolute atomic E-state index is 10.5. The maximum Gasteiger partial charge on any atom is 0.125 e. The van der Waals surface area contributed by atoms with Crippen LogP contribution in [0.5, 0.6) is 5.75 Å². The Morgan fingerprint density at radius 3 is 2.70 bits per heavy atom. The predicted octanol–water partition coefficient (Wildman–Crippen LogP) is 3.30. The molecule has 2 unspecified atom stereocenters. The summed E-state index contributed by atoms with van der Waals surface area (Å²) in [6.07, 6.45) is 5.99. The molecular weight excluding hydrogens is 378 g/mol. The number of rotatable bonds is 12. The maximum atomic E-state index is 10.5. The largest absolute Gasteiger partial charge is 0.489 e. The van der Waals surface area contributed by atoms with Crippen molar-refractivity contribution in [3.05, 3.63) is 83.9 Å². The van der Waals surface area contributed by atoms with Crippen LogP contribution in [-0.4, -0.2) is 32.9 Å². The lowest BCUT2D eigenvalue weighted by molar-refractivity contribution is 0.172. The minimum atomic E-state index is -0.640. The molecule has 0 bridgehead atoms.